The van der Waals surface area contributed by atoms with Gasteiger partial charge in [-0.15, -0.1) is 0 Å². The quantitative estimate of drug-likeness (QED) is 0.203. The number of hydrogen-bond donors (Lipinski definition) is 8. The fourth-order valence-electron chi connectivity index (χ4n) is 4.00. The fraction of sp³-hybridized carbons (Fsp3) is 0.600. The van der Waals surface area contributed by atoms with Crippen molar-refractivity contribution in [2.75, 3.05) is 13.2 Å². The van der Waals surface area contributed by atoms with Crippen molar-refractivity contribution < 1.29 is 54.7 Å². The first-order valence-electron chi connectivity index (χ1n) is 10.4. The van der Waals surface area contributed by atoms with Crippen molar-refractivity contribution in [3.63, 3.8) is 0 Å². The lowest BCUT2D eigenvalue weighted by molar-refractivity contribution is -0.352. The number of aliphatic hydroxyl groups excluding tert-OH is 7. The summed E-state index contributed by atoms with van der Waals surface area (Å²) in [6.07, 6.45) is -13.9. The van der Waals surface area contributed by atoms with Crippen LogP contribution in [0.15, 0.2) is 22.8 Å². The first-order valence-corrected chi connectivity index (χ1v) is 11.5. The average molecular weight is 571 g/mol. The number of H-pyrrole nitrogens is 1. The zero-order valence-corrected chi connectivity index (χ0v) is 19.8. The summed E-state index contributed by atoms with van der Waals surface area (Å²) in [5.41, 5.74) is 0.650. The van der Waals surface area contributed by atoms with Crippen LogP contribution in [0.1, 0.15) is 0 Å². The fourth-order valence-corrected chi connectivity index (χ4v) is 4.59. The predicted molar refractivity (Wildman–Crippen MR) is 118 cm³/mol. The lowest BCUT2D eigenvalue weighted by atomic mass is 9.97. The van der Waals surface area contributed by atoms with Crippen LogP contribution in [-0.2, 0) is 14.2 Å². The third kappa shape index (κ3) is 4.68. The molecule has 10 atom stereocenters. The van der Waals surface area contributed by atoms with E-state index in [1.54, 1.807) is 12.1 Å². The smallest absolute Gasteiger partial charge is 0.229 e. The molecule has 0 amide bonds. The van der Waals surface area contributed by atoms with E-state index in [0.717, 1.165) is 0 Å². The van der Waals surface area contributed by atoms with Crippen LogP contribution in [0.3, 0.4) is 0 Å². The number of aliphatic hydroxyl groups is 7. The third-order valence-electron chi connectivity index (χ3n) is 5.90. The molecule has 0 spiro atoms. The summed E-state index contributed by atoms with van der Waals surface area (Å²) in [6, 6.07) is 3.50. The van der Waals surface area contributed by atoms with Gasteiger partial charge in [-0.2, -0.15) is 0 Å². The minimum Gasteiger partial charge on any atom is -0.460 e. The first-order chi connectivity index (χ1) is 16.2. The lowest BCUT2D eigenvalue weighted by Gasteiger charge is -2.45. The molecule has 0 bridgehead atoms. The first kappa shape index (κ1) is 26.0. The summed E-state index contributed by atoms with van der Waals surface area (Å²) in [5, 5.41) is 71.5. The zero-order valence-electron chi connectivity index (χ0n) is 17.4. The second kappa shape index (κ2) is 10.5. The molecule has 2 aromatic rings. The summed E-state index contributed by atoms with van der Waals surface area (Å²) in [5.74, 6) is 0.225. The highest BCUT2D eigenvalue weighted by Gasteiger charge is 2.51. The molecule has 0 unspecified atom stereocenters. The van der Waals surface area contributed by atoms with Crippen LogP contribution in [0.5, 0.6) is 5.75 Å². The van der Waals surface area contributed by atoms with Crippen LogP contribution in [0, 0.1) is 0 Å². The van der Waals surface area contributed by atoms with Gasteiger partial charge in [-0.05, 0) is 28.1 Å². The van der Waals surface area contributed by atoms with Crippen molar-refractivity contribution in [2.24, 2.45) is 0 Å². The van der Waals surface area contributed by atoms with Crippen molar-refractivity contribution >= 4 is 38.4 Å². The number of rotatable bonds is 6. The maximum absolute atomic E-state index is 10.7. The van der Waals surface area contributed by atoms with E-state index in [4.69, 9.17) is 30.5 Å². The molecule has 1 aromatic carbocycles. The van der Waals surface area contributed by atoms with Crippen molar-refractivity contribution in [2.45, 2.75) is 61.4 Å². The minimum atomic E-state index is -1.75. The van der Waals surface area contributed by atoms with Crippen molar-refractivity contribution in [1.29, 1.82) is 0 Å². The molecule has 0 radical (unpaired) electrons. The molecule has 2 fully saturated rings. The standard InChI is InChI=1S/C20H25BrClNO11/c21-6-1-2-7-11(12(6)22)8(3-23-7)31-19-17(30)15(28)18(10(5-25)33-19)34-20-16(29)14(27)13(26)9(4-24)32-20/h1-3,9-10,13-20,23-30H,4-5H2/t9-,10+,13-,14-,15+,16-,17-,18-,19-,20+/m1/s1. The Morgan fingerprint density at radius 2 is 1.53 bits per heavy atom. The average Bonchev–Trinajstić information content (AvgIpc) is 3.24. The Morgan fingerprint density at radius 3 is 2.21 bits per heavy atom. The van der Waals surface area contributed by atoms with Crippen LogP contribution in [-0.4, -0.2) is 115 Å². The maximum atomic E-state index is 10.7. The van der Waals surface area contributed by atoms with E-state index < -0.39 is 74.6 Å². The van der Waals surface area contributed by atoms with Crippen LogP contribution in [0.25, 0.3) is 10.9 Å². The van der Waals surface area contributed by atoms with Crippen molar-refractivity contribution in [1.82, 2.24) is 4.98 Å². The molecule has 12 nitrogen and oxygen atoms in total. The number of fused-ring (bicyclic) bond motifs is 1. The van der Waals surface area contributed by atoms with Gasteiger partial charge in [0.05, 0.1) is 29.1 Å². The van der Waals surface area contributed by atoms with Crippen LogP contribution in [0.4, 0.5) is 0 Å². The Labute approximate surface area is 206 Å². The second-order valence-electron chi connectivity index (χ2n) is 8.06. The van der Waals surface area contributed by atoms with E-state index in [1.165, 1.54) is 6.20 Å². The molecule has 0 aliphatic carbocycles. The summed E-state index contributed by atoms with van der Waals surface area (Å²) >= 11 is 9.68. The van der Waals surface area contributed by atoms with E-state index in [-0.39, 0.29) is 5.75 Å². The third-order valence-corrected chi connectivity index (χ3v) is 7.19. The Balaban J connectivity index is 1.52. The Bertz CT molecular complexity index is 991. The predicted octanol–water partition coefficient (Wildman–Crippen LogP) is -1.41. The van der Waals surface area contributed by atoms with E-state index in [2.05, 4.69) is 20.9 Å². The highest BCUT2D eigenvalue weighted by atomic mass is 79.9. The van der Waals surface area contributed by atoms with Gasteiger partial charge in [0.25, 0.3) is 0 Å². The molecule has 2 aliphatic rings. The number of halogens is 2. The van der Waals surface area contributed by atoms with Gasteiger partial charge < -0.3 is 59.7 Å². The van der Waals surface area contributed by atoms with E-state index in [9.17, 15) is 35.7 Å². The van der Waals surface area contributed by atoms with Crippen molar-refractivity contribution in [3.8, 4) is 5.75 Å². The number of benzene rings is 1. The van der Waals surface area contributed by atoms with Gasteiger partial charge in [-0.3, -0.25) is 0 Å². The number of hydrogen-bond acceptors (Lipinski definition) is 11. The van der Waals surface area contributed by atoms with E-state index >= 15 is 0 Å². The molecule has 2 aliphatic heterocycles. The van der Waals surface area contributed by atoms with Gasteiger partial charge in [-0.1, -0.05) is 11.6 Å². The molecule has 4 rings (SSSR count). The molecule has 34 heavy (non-hydrogen) atoms. The van der Waals surface area contributed by atoms with Crippen LogP contribution in [0.2, 0.25) is 5.02 Å². The van der Waals surface area contributed by atoms with Crippen LogP contribution < -0.4 is 4.74 Å². The monoisotopic (exact) mass is 569 g/mol. The second-order valence-corrected chi connectivity index (χ2v) is 9.29. The summed E-state index contributed by atoms with van der Waals surface area (Å²) < 4.78 is 22.8. The zero-order chi connectivity index (χ0) is 24.7. The molecule has 190 valence electrons. The van der Waals surface area contributed by atoms with Crippen molar-refractivity contribution in [3.05, 3.63) is 27.8 Å². The van der Waals surface area contributed by atoms with Gasteiger partial charge in [0.2, 0.25) is 6.29 Å². The molecule has 14 heteroatoms. The van der Waals surface area contributed by atoms with E-state index in [1.807, 2.05) is 0 Å². The molecule has 3 heterocycles. The van der Waals surface area contributed by atoms with Gasteiger partial charge in [-0.25, -0.2) is 0 Å². The molecular weight excluding hydrogens is 546 g/mol. The Hall–Kier alpha value is -1.07. The number of aromatic amines is 1. The van der Waals surface area contributed by atoms with Gasteiger partial charge in [0.15, 0.2) is 6.29 Å². The Kier molecular flexibility index (Phi) is 8.03. The van der Waals surface area contributed by atoms with Gasteiger partial charge in [0.1, 0.15) is 54.6 Å². The lowest BCUT2D eigenvalue weighted by Crippen LogP contribution is -2.65. The summed E-state index contributed by atoms with van der Waals surface area (Å²) in [7, 11) is 0. The van der Waals surface area contributed by atoms with Gasteiger partial charge in [0, 0.05) is 10.7 Å². The molecular formula is C20H25BrClNO11. The molecule has 0 saturated carbocycles. The minimum absolute atomic E-state index is 0.225. The van der Waals surface area contributed by atoms with Gasteiger partial charge >= 0.3 is 0 Å². The summed E-state index contributed by atoms with van der Waals surface area (Å²) in [4.78, 5) is 2.97. The number of aromatic nitrogens is 1. The largest absolute Gasteiger partial charge is 0.460 e. The normalized spacial score (nSPS) is 38.9. The SMILES string of the molecule is OC[C@@H]1O[C@@H](Oc2c[nH]c3ccc(Br)c(Cl)c23)[C@H](O)[C@H](O)[C@@H]1O[C@@H]1O[C@H](CO)[C@@H](O)[C@@H](O)[C@H]1O. The van der Waals surface area contributed by atoms with Crippen LogP contribution >= 0.6 is 27.5 Å². The number of nitrogens with one attached hydrogen (secondary N) is 1. The summed E-state index contributed by atoms with van der Waals surface area (Å²) in [6.45, 7) is -1.36. The Morgan fingerprint density at radius 1 is 0.882 bits per heavy atom. The number of ether oxygens (including phenoxy) is 4. The van der Waals surface area contributed by atoms with E-state index in [0.29, 0.717) is 20.4 Å². The highest BCUT2D eigenvalue weighted by Crippen LogP contribution is 2.38. The maximum Gasteiger partial charge on any atom is 0.229 e. The topological polar surface area (TPSA) is 194 Å². The molecule has 1 aromatic heterocycles. The molecule has 8 N–H and O–H groups in total. The molecule has 2 saturated heterocycles. The highest BCUT2D eigenvalue weighted by molar-refractivity contribution is 9.10.